The van der Waals surface area contributed by atoms with Gasteiger partial charge in [-0.05, 0) is 32.6 Å². The molecule has 190 valence electrons. The molecule has 3 aromatic heterocycles. The number of nitrogens with one attached hydrogen (secondary N) is 2. The highest BCUT2D eigenvalue weighted by atomic mass is 32.2. The molecule has 1 saturated heterocycles. The quantitative estimate of drug-likeness (QED) is 0.457. The summed E-state index contributed by atoms with van der Waals surface area (Å²) >= 11 is 1.54. The Bertz CT molecular complexity index is 1260. The Labute approximate surface area is 209 Å². The second-order valence-corrected chi connectivity index (χ2v) is 12.8. The molecule has 2 fully saturated rings. The molecule has 0 bridgehead atoms. The number of sulfone groups is 1. The molecule has 3 aromatic rings. The number of ether oxygens (including phenoxy) is 1. The summed E-state index contributed by atoms with van der Waals surface area (Å²) in [4.78, 5) is 17.5. The van der Waals surface area contributed by atoms with E-state index < -0.39 is 9.84 Å². The van der Waals surface area contributed by atoms with Crippen LogP contribution in [0.25, 0.3) is 10.3 Å². The number of aryl methyl sites for hydroxylation is 2. The van der Waals surface area contributed by atoms with Gasteiger partial charge in [0.05, 0.1) is 42.4 Å². The van der Waals surface area contributed by atoms with Crippen molar-refractivity contribution in [3.05, 3.63) is 17.4 Å². The molecule has 0 aromatic carbocycles. The van der Waals surface area contributed by atoms with Crippen molar-refractivity contribution in [2.45, 2.75) is 51.2 Å². The van der Waals surface area contributed by atoms with Crippen molar-refractivity contribution in [1.29, 1.82) is 0 Å². The first-order chi connectivity index (χ1) is 16.8. The van der Waals surface area contributed by atoms with E-state index in [1.54, 1.807) is 28.4 Å². The van der Waals surface area contributed by atoms with Gasteiger partial charge in [0.25, 0.3) is 0 Å². The van der Waals surface area contributed by atoms with Crippen LogP contribution in [0.3, 0.4) is 0 Å². The van der Waals surface area contributed by atoms with Gasteiger partial charge < -0.3 is 15.4 Å². The van der Waals surface area contributed by atoms with Crippen LogP contribution in [0.5, 0.6) is 0 Å². The number of fused-ring (bicyclic) bond motifs is 1. The Morgan fingerprint density at radius 2 is 1.91 bits per heavy atom. The van der Waals surface area contributed by atoms with E-state index in [2.05, 4.69) is 30.6 Å². The summed E-state index contributed by atoms with van der Waals surface area (Å²) in [6.07, 6.45) is 9.14. The zero-order valence-corrected chi connectivity index (χ0v) is 21.7. The molecule has 13 heteroatoms. The number of hydrogen-bond donors (Lipinski definition) is 2. The second kappa shape index (κ2) is 10.3. The van der Waals surface area contributed by atoms with Crippen molar-refractivity contribution in [1.82, 2.24) is 29.6 Å². The normalized spacial score (nSPS) is 21.9. The van der Waals surface area contributed by atoms with Gasteiger partial charge in [-0.25, -0.2) is 13.4 Å². The average Bonchev–Trinajstić information content (AvgIpc) is 3.44. The summed E-state index contributed by atoms with van der Waals surface area (Å²) in [5.41, 5.74) is 1.51. The minimum atomic E-state index is -3.05. The molecule has 1 aliphatic carbocycles. The van der Waals surface area contributed by atoms with Crippen LogP contribution in [0.1, 0.15) is 30.7 Å². The third-order valence-electron chi connectivity index (χ3n) is 6.55. The molecule has 0 atom stereocenters. The topological polar surface area (TPSA) is 127 Å². The minimum absolute atomic E-state index is 0.0403. The van der Waals surface area contributed by atoms with Gasteiger partial charge in [-0.1, -0.05) is 11.3 Å². The first-order valence-corrected chi connectivity index (χ1v) is 14.9. The van der Waals surface area contributed by atoms with Crippen LogP contribution in [0.15, 0.2) is 12.4 Å². The summed E-state index contributed by atoms with van der Waals surface area (Å²) in [6.45, 7) is 6.02. The molecular formula is C22H32N8O3S2. The average molecular weight is 521 g/mol. The van der Waals surface area contributed by atoms with Gasteiger partial charge in [0.15, 0.2) is 10.6 Å². The predicted molar refractivity (Wildman–Crippen MR) is 137 cm³/mol. The predicted octanol–water partition coefficient (Wildman–Crippen LogP) is 2.43. The molecular weight excluding hydrogens is 488 g/mol. The lowest BCUT2D eigenvalue weighted by Crippen LogP contribution is -2.46. The van der Waals surface area contributed by atoms with Gasteiger partial charge in [-0.2, -0.15) is 15.1 Å². The first kappa shape index (κ1) is 24.3. The van der Waals surface area contributed by atoms with Gasteiger partial charge >= 0.3 is 0 Å². The lowest BCUT2D eigenvalue weighted by molar-refractivity contribution is 0.00791. The van der Waals surface area contributed by atoms with Crippen LogP contribution in [-0.2, 0) is 21.1 Å². The maximum Gasteiger partial charge on any atom is 0.230 e. The van der Waals surface area contributed by atoms with E-state index in [9.17, 15) is 8.42 Å². The van der Waals surface area contributed by atoms with Gasteiger partial charge in [0, 0.05) is 37.6 Å². The lowest BCUT2D eigenvalue weighted by atomic mass is 9.90. The fourth-order valence-electron chi connectivity index (χ4n) is 4.74. The molecule has 2 aliphatic rings. The largest absolute Gasteiger partial charge is 0.379 e. The molecule has 0 unspecified atom stereocenters. The van der Waals surface area contributed by atoms with Crippen LogP contribution < -0.4 is 10.6 Å². The zero-order chi connectivity index (χ0) is 24.4. The molecule has 5 rings (SSSR count). The van der Waals surface area contributed by atoms with E-state index in [0.717, 1.165) is 60.3 Å². The van der Waals surface area contributed by atoms with Crippen molar-refractivity contribution in [3.63, 3.8) is 0 Å². The third kappa shape index (κ3) is 6.26. The standard InChI is InChI=1S/C22H32N8O3S2/c1-15-24-19-20(25-16-3-5-18(6-4-16)29-7-10-33-11-8-29)27-22(28-21(19)34-15)26-17-13-23-30(14-17)9-12-35(2,31)32/h13-14,16,18H,3-12H2,1-2H3,(H2,25,26,27,28)/t16-,18-. The molecule has 11 nitrogen and oxygen atoms in total. The molecule has 0 spiro atoms. The zero-order valence-electron chi connectivity index (χ0n) is 20.1. The number of anilines is 3. The number of hydrogen-bond acceptors (Lipinski definition) is 11. The van der Waals surface area contributed by atoms with Crippen molar-refractivity contribution in [2.75, 3.05) is 48.9 Å². The maximum atomic E-state index is 11.4. The van der Waals surface area contributed by atoms with Crippen molar-refractivity contribution >= 4 is 49.0 Å². The van der Waals surface area contributed by atoms with Crippen molar-refractivity contribution in [2.24, 2.45) is 0 Å². The molecule has 1 aliphatic heterocycles. The second-order valence-electron chi connectivity index (χ2n) is 9.33. The number of nitrogens with zero attached hydrogens (tertiary/aromatic N) is 6. The lowest BCUT2D eigenvalue weighted by Gasteiger charge is -2.39. The summed E-state index contributed by atoms with van der Waals surface area (Å²) in [5.74, 6) is 1.26. The van der Waals surface area contributed by atoms with Crippen LogP contribution in [0.4, 0.5) is 17.5 Å². The van der Waals surface area contributed by atoms with E-state index in [-0.39, 0.29) is 5.75 Å². The molecule has 2 N–H and O–H groups in total. The fraction of sp³-hybridized carbons (Fsp3) is 0.636. The first-order valence-electron chi connectivity index (χ1n) is 12.0. The SMILES string of the molecule is Cc1nc2c(N[C@H]3CC[C@H](N4CCOCC4)CC3)nc(Nc3cnn(CCS(C)(=O)=O)c3)nc2s1. The summed E-state index contributed by atoms with van der Waals surface area (Å²) in [5, 5.41) is 12.1. The van der Waals surface area contributed by atoms with E-state index in [1.165, 1.54) is 19.1 Å². The van der Waals surface area contributed by atoms with Gasteiger partial charge in [-0.3, -0.25) is 9.58 Å². The highest BCUT2D eigenvalue weighted by Crippen LogP contribution is 2.31. The molecule has 0 radical (unpaired) electrons. The minimum Gasteiger partial charge on any atom is -0.379 e. The molecule has 35 heavy (non-hydrogen) atoms. The highest BCUT2D eigenvalue weighted by Gasteiger charge is 2.27. The van der Waals surface area contributed by atoms with Crippen LogP contribution in [0.2, 0.25) is 0 Å². The van der Waals surface area contributed by atoms with Gasteiger partial charge in [0.1, 0.15) is 15.4 Å². The summed E-state index contributed by atoms with van der Waals surface area (Å²) in [6, 6.07) is 0.985. The Balaban J connectivity index is 1.27. The molecule has 4 heterocycles. The number of rotatable bonds is 8. The van der Waals surface area contributed by atoms with E-state index in [4.69, 9.17) is 9.72 Å². The van der Waals surface area contributed by atoms with Crippen molar-refractivity contribution < 1.29 is 13.2 Å². The Kier molecular flexibility index (Phi) is 7.19. The van der Waals surface area contributed by atoms with Crippen LogP contribution >= 0.6 is 11.3 Å². The van der Waals surface area contributed by atoms with E-state index in [0.29, 0.717) is 30.3 Å². The monoisotopic (exact) mass is 520 g/mol. The summed E-state index contributed by atoms with van der Waals surface area (Å²) < 4.78 is 30.0. The van der Waals surface area contributed by atoms with E-state index >= 15 is 0 Å². The maximum absolute atomic E-state index is 11.4. The van der Waals surface area contributed by atoms with Crippen LogP contribution in [-0.4, -0.2) is 88.4 Å². The Morgan fingerprint density at radius 3 is 2.66 bits per heavy atom. The molecule has 1 saturated carbocycles. The molecule has 0 amide bonds. The summed E-state index contributed by atoms with van der Waals surface area (Å²) in [7, 11) is -3.05. The van der Waals surface area contributed by atoms with Crippen LogP contribution in [0, 0.1) is 6.92 Å². The number of aromatic nitrogens is 5. The Morgan fingerprint density at radius 1 is 1.14 bits per heavy atom. The van der Waals surface area contributed by atoms with Gasteiger partial charge in [0.2, 0.25) is 5.95 Å². The van der Waals surface area contributed by atoms with Gasteiger partial charge in [-0.15, -0.1) is 0 Å². The fourth-order valence-corrected chi connectivity index (χ4v) is 6.05. The Hall–Kier alpha value is -2.35. The van der Waals surface area contributed by atoms with E-state index in [1.807, 2.05) is 6.92 Å². The van der Waals surface area contributed by atoms with Crippen molar-refractivity contribution in [3.8, 4) is 0 Å². The highest BCUT2D eigenvalue weighted by molar-refractivity contribution is 7.90. The third-order valence-corrected chi connectivity index (χ3v) is 8.33. The number of thiazole rings is 1. The number of morpholine rings is 1. The smallest absolute Gasteiger partial charge is 0.230 e.